The molecule has 3 N–H and O–H groups in total. The van der Waals surface area contributed by atoms with E-state index in [0.29, 0.717) is 15.8 Å². The van der Waals surface area contributed by atoms with Gasteiger partial charge in [-0.1, -0.05) is 29.3 Å². The van der Waals surface area contributed by atoms with Gasteiger partial charge in [0, 0.05) is 15.1 Å². The van der Waals surface area contributed by atoms with E-state index in [4.69, 9.17) is 33.8 Å². The van der Waals surface area contributed by atoms with Crippen LogP contribution in [0.5, 0.6) is 5.75 Å². The van der Waals surface area contributed by atoms with Crippen molar-refractivity contribution in [1.82, 2.24) is 5.43 Å². The zero-order valence-corrected chi connectivity index (χ0v) is 13.8. The van der Waals surface area contributed by atoms with Crippen LogP contribution in [-0.4, -0.2) is 7.11 Å². The second kappa shape index (κ2) is 6.78. The second-order valence-electron chi connectivity index (χ2n) is 4.16. The smallest absolute Gasteiger partial charge is 0.124 e. The van der Waals surface area contributed by atoms with Crippen LogP contribution in [0, 0.1) is 0 Å². The van der Waals surface area contributed by atoms with Gasteiger partial charge in [-0.05, 0) is 51.8 Å². The van der Waals surface area contributed by atoms with Crippen LogP contribution in [0.3, 0.4) is 0 Å². The predicted molar refractivity (Wildman–Crippen MR) is 86.3 cm³/mol. The van der Waals surface area contributed by atoms with Crippen LogP contribution in [0.1, 0.15) is 17.2 Å². The Bertz CT molecular complexity index is 622. The van der Waals surface area contributed by atoms with Crippen molar-refractivity contribution in [1.29, 1.82) is 0 Å². The fourth-order valence-corrected chi connectivity index (χ4v) is 2.68. The molecule has 106 valence electrons. The van der Waals surface area contributed by atoms with Gasteiger partial charge in [-0.15, -0.1) is 0 Å². The third-order valence-electron chi connectivity index (χ3n) is 2.95. The molecule has 0 saturated heterocycles. The summed E-state index contributed by atoms with van der Waals surface area (Å²) in [7, 11) is 1.61. The van der Waals surface area contributed by atoms with Crippen molar-refractivity contribution in [2.75, 3.05) is 7.11 Å². The molecular weight excluding hydrogens is 363 g/mol. The van der Waals surface area contributed by atoms with Gasteiger partial charge in [0.15, 0.2) is 0 Å². The van der Waals surface area contributed by atoms with Crippen molar-refractivity contribution in [2.45, 2.75) is 6.04 Å². The van der Waals surface area contributed by atoms with Gasteiger partial charge in [0.05, 0.1) is 18.2 Å². The maximum Gasteiger partial charge on any atom is 0.124 e. The van der Waals surface area contributed by atoms with Crippen LogP contribution < -0.4 is 16.0 Å². The first-order chi connectivity index (χ1) is 9.56. The van der Waals surface area contributed by atoms with E-state index in [1.165, 1.54) is 0 Å². The molecule has 0 saturated carbocycles. The average molecular weight is 376 g/mol. The Labute approximate surface area is 136 Å². The van der Waals surface area contributed by atoms with Gasteiger partial charge in [0.25, 0.3) is 0 Å². The number of hydrogen-bond donors (Lipinski definition) is 2. The molecule has 0 aliphatic carbocycles. The Morgan fingerprint density at radius 2 is 1.95 bits per heavy atom. The summed E-state index contributed by atoms with van der Waals surface area (Å²) in [6.45, 7) is 0. The van der Waals surface area contributed by atoms with E-state index in [1.807, 2.05) is 30.3 Å². The molecular formula is C14H13BrCl2N2O. The zero-order chi connectivity index (χ0) is 14.7. The summed E-state index contributed by atoms with van der Waals surface area (Å²) < 4.78 is 6.17. The van der Waals surface area contributed by atoms with E-state index in [1.54, 1.807) is 13.2 Å². The van der Waals surface area contributed by atoms with Gasteiger partial charge >= 0.3 is 0 Å². The zero-order valence-electron chi connectivity index (χ0n) is 10.7. The third kappa shape index (κ3) is 3.27. The van der Waals surface area contributed by atoms with Crippen LogP contribution in [0.15, 0.2) is 40.9 Å². The van der Waals surface area contributed by atoms with Gasteiger partial charge in [0.2, 0.25) is 0 Å². The highest BCUT2D eigenvalue weighted by Crippen LogP contribution is 2.34. The molecule has 3 nitrogen and oxygen atoms in total. The number of ether oxygens (including phenoxy) is 1. The topological polar surface area (TPSA) is 47.3 Å². The third-order valence-corrected chi connectivity index (χ3v) is 4.40. The van der Waals surface area contributed by atoms with Crippen molar-refractivity contribution < 1.29 is 4.74 Å². The van der Waals surface area contributed by atoms with E-state index >= 15 is 0 Å². The lowest BCUT2D eigenvalue weighted by Crippen LogP contribution is -2.29. The van der Waals surface area contributed by atoms with E-state index in [2.05, 4.69) is 21.4 Å². The molecule has 2 aromatic carbocycles. The van der Waals surface area contributed by atoms with Crippen molar-refractivity contribution >= 4 is 39.1 Å². The molecule has 0 spiro atoms. The normalized spacial score (nSPS) is 12.2. The molecule has 0 heterocycles. The molecule has 1 atom stereocenters. The minimum absolute atomic E-state index is 0.253. The maximum atomic E-state index is 6.06. The Hall–Kier alpha value is -0.780. The van der Waals surface area contributed by atoms with E-state index < -0.39 is 0 Å². The summed E-state index contributed by atoms with van der Waals surface area (Å²) in [4.78, 5) is 0. The van der Waals surface area contributed by atoms with Crippen LogP contribution in [-0.2, 0) is 0 Å². The summed E-state index contributed by atoms with van der Waals surface area (Å²) in [6, 6.07) is 10.8. The molecule has 0 aliphatic heterocycles. The molecule has 0 aliphatic rings. The molecule has 20 heavy (non-hydrogen) atoms. The Kier molecular flexibility index (Phi) is 5.29. The Morgan fingerprint density at radius 3 is 2.55 bits per heavy atom. The SMILES string of the molecule is COc1ccc(Cl)cc1C(NN)c1ccc(Cl)c(Br)c1. The van der Waals surface area contributed by atoms with Gasteiger partial charge in [0.1, 0.15) is 5.75 Å². The molecule has 0 fully saturated rings. The number of methoxy groups -OCH3 is 1. The highest BCUT2D eigenvalue weighted by atomic mass is 79.9. The molecule has 2 rings (SSSR count). The van der Waals surface area contributed by atoms with Crippen molar-refractivity contribution in [3.63, 3.8) is 0 Å². The molecule has 0 bridgehead atoms. The van der Waals surface area contributed by atoms with Crippen LogP contribution in [0.4, 0.5) is 0 Å². The summed E-state index contributed by atoms with van der Waals surface area (Å²) in [6.07, 6.45) is 0. The first-order valence-corrected chi connectivity index (χ1v) is 7.36. The molecule has 0 radical (unpaired) electrons. The molecule has 6 heteroatoms. The number of benzene rings is 2. The molecule has 0 amide bonds. The van der Waals surface area contributed by atoms with Crippen molar-refractivity contribution in [3.05, 3.63) is 62.0 Å². The largest absolute Gasteiger partial charge is 0.496 e. The van der Waals surface area contributed by atoms with Gasteiger partial charge < -0.3 is 4.74 Å². The molecule has 0 aromatic heterocycles. The number of nitrogens with one attached hydrogen (secondary N) is 1. The van der Waals surface area contributed by atoms with Gasteiger partial charge in [-0.2, -0.15) is 0 Å². The minimum atomic E-state index is -0.253. The summed E-state index contributed by atoms with van der Waals surface area (Å²) in [5.74, 6) is 6.41. The second-order valence-corrected chi connectivity index (χ2v) is 5.86. The molecule has 2 aromatic rings. The average Bonchev–Trinajstić information content (AvgIpc) is 2.44. The summed E-state index contributed by atoms with van der Waals surface area (Å²) >= 11 is 15.5. The predicted octanol–water partition coefficient (Wildman–Crippen LogP) is 4.32. The lowest BCUT2D eigenvalue weighted by atomic mass is 9.98. The molecule has 1 unspecified atom stereocenters. The van der Waals surface area contributed by atoms with Crippen LogP contribution in [0.25, 0.3) is 0 Å². The highest BCUT2D eigenvalue weighted by molar-refractivity contribution is 9.10. The number of nitrogens with two attached hydrogens (primary N) is 1. The monoisotopic (exact) mass is 374 g/mol. The highest BCUT2D eigenvalue weighted by Gasteiger charge is 2.18. The lowest BCUT2D eigenvalue weighted by molar-refractivity contribution is 0.404. The summed E-state index contributed by atoms with van der Waals surface area (Å²) in [5, 5.41) is 1.26. The maximum absolute atomic E-state index is 6.06. The first kappa shape index (κ1) is 15.6. The van der Waals surface area contributed by atoms with E-state index in [0.717, 1.165) is 15.6 Å². The lowest BCUT2D eigenvalue weighted by Gasteiger charge is -2.20. The Balaban J connectivity index is 2.51. The van der Waals surface area contributed by atoms with E-state index in [9.17, 15) is 0 Å². The van der Waals surface area contributed by atoms with Gasteiger partial charge in [-0.3, -0.25) is 5.84 Å². The quantitative estimate of drug-likeness (QED) is 0.618. The number of rotatable bonds is 4. The van der Waals surface area contributed by atoms with Crippen LogP contribution in [0.2, 0.25) is 10.0 Å². The standard InChI is InChI=1S/C14H13BrCl2N2O/c1-20-13-5-3-9(16)7-10(13)14(19-18)8-2-4-12(17)11(15)6-8/h2-7,14,19H,18H2,1H3. The first-order valence-electron chi connectivity index (χ1n) is 5.81. The fraction of sp³-hybridized carbons (Fsp3) is 0.143. The van der Waals surface area contributed by atoms with Crippen LogP contribution >= 0.6 is 39.1 Å². The number of hydrazine groups is 1. The minimum Gasteiger partial charge on any atom is -0.496 e. The van der Waals surface area contributed by atoms with Crippen molar-refractivity contribution in [2.24, 2.45) is 5.84 Å². The number of hydrogen-bond acceptors (Lipinski definition) is 3. The van der Waals surface area contributed by atoms with Gasteiger partial charge in [-0.25, -0.2) is 5.43 Å². The van der Waals surface area contributed by atoms with E-state index in [-0.39, 0.29) is 6.04 Å². The summed E-state index contributed by atoms with van der Waals surface area (Å²) in [5.41, 5.74) is 4.59. The fourth-order valence-electron chi connectivity index (χ4n) is 1.99. The number of halogens is 3. The van der Waals surface area contributed by atoms with Crippen molar-refractivity contribution in [3.8, 4) is 5.75 Å². The Morgan fingerprint density at radius 1 is 1.20 bits per heavy atom.